The number of nitriles is 1. The highest BCUT2D eigenvalue weighted by atomic mass is 15.1. The summed E-state index contributed by atoms with van der Waals surface area (Å²) in [6.45, 7) is 11.3. The van der Waals surface area contributed by atoms with E-state index < -0.39 is 0 Å². The summed E-state index contributed by atoms with van der Waals surface area (Å²) in [5.41, 5.74) is 1.29. The summed E-state index contributed by atoms with van der Waals surface area (Å²) in [6.07, 6.45) is 9.92. The molecule has 4 atom stereocenters. The number of allylic oxidation sites excluding steroid dienone is 5. The standard InChI is InChI=1S/C17H26N2/c1-5-7-8-16(6-2)13(3)9-15(11-18)10-14(4)17-12-19-17/h5-8,13-15,17,19H,1,9-10,12H2,2-4H3/b8-7-,16-6+. The molecule has 0 aromatic carbocycles. The first-order valence-electron chi connectivity index (χ1n) is 7.20. The molecule has 1 heterocycles. The Labute approximate surface area is 117 Å². The molecule has 19 heavy (non-hydrogen) atoms. The van der Waals surface area contributed by atoms with Crippen molar-refractivity contribution in [2.45, 2.75) is 39.7 Å². The van der Waals surface area contributed by atoms with Crippen LogP contribution in [0.1, 0.15) is 33.6 Å². The van der Waals surface area contributed by atoms with Crippen molar-refractivity contribution in [2.24, 2.45) is 17.8 Å². The van der Waals surface area contributed by atoms with E-state index in [0.717, 1.165) is 19.4 Å². The van der Waals surface area contributed by atoms with E-state index >= 15 is 0 Å². The minimum absolute atomic E-state index is 0.152. The van der Waals surface area contributed by atoms with Gasteiger partial charge in [0, 0.05) is 18.5 Å². The van der Waals surface area contributed by atoms with Crippen LogP contribution < -0.4 is 5.32 Å². The summed E-state index contributed by atoms with van der Waals surface area (Å²) in [4.78, 5) is 0. The van der Waals surface area contributed by atoms with Gasteiger partial charge >= 0.3 is 0 Å². The van der Waals surface area contributed by atoms with Crippen molar-refractivity contribution in [1.82, 2.24) is 5.32 Å². The van der Waals surface area contributed by atoms with Crippen LogP contribution in [0.3, 0.4) is 0 Å². The Kier molecular flexibility index (Phi) is 6.59. The van der Waals surface area contributed by atoms with Gasteiger partial charge in [0.25, 0.3) is 0 Å². The molecule has 104 valence electrons. The molecule has 2 nitrogen and oxygen atoms in total. The SMILES string of the molecule is C=C/C=C\C(=C/C)C(C)CC(C#N)CC(C)C1CN1. The first-order chi connectivity index (χ1) is 9.12. The first-order valence-corrected chi connectivity index (χ1v) is 7.20. The Morgan fingerprint density at radius 1 is 1.47 bits per heavy atom. The maximum absolute atomic E-state index is 9.33. The first kappa shape index (κ1) is 15.7. The summed E-state index contributed by atoms with van der Waals surface area (Å²) in [5.74, 6) is 1.18. The van der Waals surface area contributed by atoms with Crippen LogP contribution in [-0.4, -0.2) is 12.6 Å². The lowest BCUT2D eigenvalue weighted by Crippen LogP contribution is -2.14. The third-order valence-corrected chi connectivity index (χ3v) is 3.93. The van der Waals surface area contributed by atoms with E-state index in [0.29, 0.717) is 17.9 Å². The van der Waals surface area contributed by atoms with Crippen LogP contribution in [0.2, 0.25) is 0 Å². The van der Waals surface area contributed by atoms with Gasteiger partial charge in [-0.25, -0.2) is 0 Å². The van der Waals surface area contributed by atoms with Crippen molar-refractivity contribution >= 4 is 0 Å². The van der Waals surface area contributed by atoms with Crippen LogP contribution in [-0.2, 0) is 0 Å². The van der Waals surface area contributed by atoms with E-state index in [1.54, 1.807) is 6.08 Å². The third-order valence-electron chi connectivity index (χ3n) is 3.93. The number of hydrogen-bond acceptors (Lipinski definition) is 2. The van der Waals surface area contributed by atoms with Gasteiger partial charge in [-0.1, -0.05) is 44.7 Å². The zero-order valence-corrected chi connectivity index (χ0v) is 12.4. The summed E-state index contributed by atoms with van der Waals surface area (Å²) >= 11 is 0. The molecule has 0 aliphatic carbocycles. The van der Waals surface area contributed by atoms with Gasteiger partial charge in [0.1, 0.15) is 0 Å². The molecule has 1 N–H and O–H groups in total. The summed E-state index contributed by atoms with van der Waals surface area (Å²) in [7, 11) is 0. The van der Waals surface area contributed by atoms with Crippen molar-refractivity contribution in [2.75, 3.05) is 6.54 Å². The minimum Gasteiger partial charge on any atom is -0.311 e. The molecule has 0 saturated carbocycles. The maximum atomic E-state index is 9.33. The average molecular weight is 258 g/mol. The molecule has 0 aromatic heterocycles. The highest BCUT2D eigenvalue weighted by Crippen LogP contribution is 2.27. The Bertz CT molecular complexity index is 383. The number of nitrogens with one attached hydrogen (secondary N) is 1. The zero-order chi connectivity index (χ0) is 14.3. The molecule has 1 aliphatic rings. The predicted molar refractivity (Wildman–Crippen MR) is 81.5 cm³/mol. The van der Waals surface area contributed by atoms with E-state index in [4.69, 9.17) is 0 Å². The average Bonchev–Trinajstić information content (AvgIpc) is 3.23. The van der Waals surface area contributed by atoms with Gasteiger partial charge in [-0.2, -0.15) is 5.26 Å². The van der Waals surface area contributed by atoms with Crippen molar-refractivity contribution in [3.8, 4) is 6.07 Å². The van der Waals surface area contributed by atoms with Crippen LogP contribution in [0, 0.1) is 29.1 Å². The van der Waals surface area contributed by atoms with Gasteiger partial charge in [-0.05, 0) is 37.2 Å². The molecule has 1 rings (SSSR count). The molecule has 0 spiro atoms. The summed E-state index contributed by atoms with van der Waals surface area (Å²) in [5, 5.41) is 12.7. The molecule has 0 aromatic rings. The molecule has 0 radical (unpaired) electrons. The highest BCUT2D eigenvalue weighted by Gasteiger charge is 2.29. The van der Waals surface area contributed by atoms with Gasteiger partial charge in [0.15, 0.2) is 0 Å². The predicted octanol–water partition coefficient (Wildman–Crippen LogP) is 3.84. The monoisotopic (exact) mass is 258 g/mol. The van der Waals surface area contributed by atoms with E-state index in [1.807, 2.05) is 6.08 Å². The second-order valence-electron chi connectivity index (χ2n) is 5.57. The molecular formula is C17H26N2. The Hall–Kier alpha value is -1.33. The molecule has 4 unspecified atom stereocenters. The van der Waals surface area contributed by atoms with Crippen molar-refractivity contribution in [3.63, 3.8) is 0 Å². The van der Waals surface area contributed by atoms with E-state index in [2.05, 4.69) is 50.9 Å². The quantitative estimate of drug-likeness (QED) is 0.531. The van der Waals surface area contributed by atoms with E-state index in [1.165, 1.54) is 5.57 Å². The lowest BCUT2D eigenvalue weighted by molar-refractivity contribution is 0.396. The van der Waals surface area contributed by atoms with Crippen LogP contribution >= 0.6 is 0 Å². The fourth-order valence-corrected chi connectivity index (χ4v) is 2.57. The number of hydrogen-bond donors (Lipinski definition) is 1. The van der Waals surface area contributed by atoms with E-state index in [-0.39, 0.29) is 5.92 Å². The fraction of sp³-hybridized carbons (Fsp3) is 0.588. The van der Waals surface area contributed by atoms with Gasteiger partial charge in [0.2, 0.25) is 0 Å². The van der Waals surface area contributed by atoms with Crippen molar-refractivity contribution in [1.29, 1.82) is 5.26 Å². The number of nitrogens with zero attached hydrogens (tertiary/aromatic N) is 1. The van der Waals surface area contributed by atoms with Gasteiger partial charge in [-0.3, -0.25) is 0 Å². The molecule has 1 fully saturated rings. The smallest absolute Gasteiger partial charge is 0.0656 e. The number of rotatable bonds is 8. The van der Waals surface area contributed by atoms with Crippen LogP contribution in [0.5, 0.6) is 0 Å². The molecule has 1 saturated heterocycles. The van der Waals surface area contributed by atoms with Gasteiger partial charge in [0.05, 0.1) is 6.07 Å². The Morgan fingerprint density at radius 2 is 2.16 bits per heavy atom. The molecule has 0 bridgehead atoms. The summed E-state index contributed by atoms with van der Waals surface area (Å²) < 4.78 is 0. The van der Waals surface area contributed by atoms with E-state index in [9.17, 15) is 5.26 Å². The minimum atomic E-state index is 0.152. The maximum Gasteiger partial charge on any atom is 0.0656 e. The van der Waals surface area contributed by atoms with Gasteiger partial charge in [-0.15, -0.1) is 0 Å². The highest BCUT2D eigenvalue weighted by molar-refractivity contribution is 5.23. The molecule has 2 heteroatoms. The topological polar surface area (TPSA) is 45.7 Å². The lowest BCUT2D eigenvalue weighted by Gasteiger charge is -2.19. The Balaban J connectivity index is 2.51. The van der Waals surface area contributed by atoms with Crippen LogP contribution in [0.25, 0.3) is 0 Å². The van der Waals surface area contributed by atoms with Crippen LogP contribution in [0.15, 0.2) is 36.5 Å². The molecule has 0 amide bonds. The second kappa shape index (κ2) is 7.96. The molecule has 1 aliphatic heterocycles. The van der Waals surface area contributed by atoms with Crippen molar-refractivity contribution < 1.29 is 0 Å². The fourth-order valence-electron chi connectivity index (χ4n) is 2.57. The largest absolute Gasteiger partial charge is 0.311 e. The lowest BCUT2D eigenvalue weighted by atomic mass is 9.84. The van der Waals surface area contributed by atoms with Crippen molar-refractivity contribution in [3.05, 3.63) is 36.5 Å². The second-order valence-corrected chi connectivity index (χ2v) is 5.57. The zero-order valence-electron chi connectivity index (χ0n) is 12.4. The third kappa shape index (κ3) is 5.44. The normalized spacial score (nSPS) is 23.7. The summed E-state index contributed by atoms with van der Waals surface area (Å²) in [6, 6.07) is 3.13. The Morgan fingerprint density at radius 3 is 2.63 bits per heavy atom. The van der Waals surface area contributed by atoms with Gasteiger partial charge < -0.3 is 5.32 Å². The van der Waals surface area contributed by atoms with Crippen LogP contribution in [0.4, 0.5) is 0 Å². The molecular weight excluding hydrogens is 232 g/mol.